The van der Waals surface area contributed by atoms with Crippen molar-refractivity contribution in [3.63, 3.8) is 0 Å². The van der Waals surface area contributed by atoms with E-state index in [1.165, 1.54) is 30.3 Å². The topological polar surface area (TPSA) is 41.9 Å². The maximum atomic E-state index is 14.3. The number of hydrogen-bond donors (Lipinski definition) is 1. The molecule has 1 fully saturated rings. The Kier molecular flexibility index (Phi) is 8.05. The molecule has 3 aromatic rings. The summed E-state index contributed by atoms with van der Waals surface area (Å²) in [4.78, 5) is 1.05. The molecule has 1 N–H and O–H groups in total. The molecular formula is C27H24F7NO3. The van der Waals surface area contributed by atoms with Crippen LogP contribution < -0.4 is 14.4 Å². The van der Waals surface area contributed by atoms with Gasteiger partial charge in [-0.3, -0.25) is 0 Å². The van der Waals surface area contributed by atoms with Crippen molar-refractivity contribution in [2.24, 2.45) is 0 Å². The number of alkyl halides is 7. The molecule has 1 atom stereocenters. The average Bonchev–Trinajstić information content (AvgIpc) is 3.69. The first kappa shape index (κ1) is 27.6. The smallest absolute Gasteiger partial charge is 0.457 e. The highest BCUT2D eigenvalue weighted by atomic mass is 19.3. The largest absolute Gasteiger partial charge is 0.461 e. The quantitative estimate of drug-likeness (QED) is 0.240. The molecule has 4 nitrogen and oxygen atoms in total. The Labute approximate surface area is 214 Å². The minimum absolute atomic E-state index is 0.140. The molecule has 1 saturated carbocycles. The summed E-state index contributed by atoms with van der Waals surface area (Å²) in [5.41, 5.74) is 1.43. The van der Waals surface area contributed by atoms with E-state index in [0.29, 0.717) is 17.4 Å². The van der Waals surface area contributed by atoms with Gasteiger partial charge in [0.2, 0.25) is 0 Å². The lowest BCUT2D eigenvalue weighted by Crippen LogP contribution is -2.44. The van der Waals surface area contributed by atoms with Crippen molar-refractivity contribution in [3.8, 4) is 17.2 Å². The van der Waals surface area contributed by atoms with Crippen LogP contribution in [0.15, 0.2) is 72.8 Å². The summed E-state index contributed by atoms with van der Waals surface area (Å²) in [5, 5.41) is 9.67. The Bertz CT molecular complexity index is 1230. The predicted octanol–water partition coefficient (Wildman–Crippen LogP) is 7.52. The molecule has 4 rings (SSSR count). The van der Waals surface area contributed by atoms with E-state index in [1.807, 2.05) is 18.2 Å². The van der Waals surface area contributed by atoms with Gasteiger partial charge in [-0.1, -0.05) is 30.3 Å². The van der Waals surface area contributed by atoms with Crippen LogP contribution in [-0.4, -0.2) is 36.5 Å². The Morgan fingerprint density at radius 3 is 2.11 bits per heavy atom. The van der Waals surface area contributed by atoms with Crippen molar-refractivity contribution in [1.82, 2.24) is 0 Å². The van der Waals surface area contributed by atoms with Gasteiger partial charge in [0, 0.05) is 18.3 Å². The number of ether oxygens (including phenoxy) is 2. The molecule has 0 aliphatic heterocycles. The van der Waals surface area contributed by atoms with Crippen molar-refractivity contribution in [2.75, 3.05) is 11.4 Å². The van der Waals surface area contributed by atoms with E-state index < -0.39 is 37.1 Å². The fourth-order valence-corrected chi connectivity index (χ4v) is 3.83. The van der Waals surface area contributed by atoms with Crippen LogP contribution in [0.4, 0.5) is 36.4 Å². The van der Waals surface area contributed by atoms with Gasteiger partial charge in [-0.2, -0.15) is 17.6 Å². The van der Waals surface area contributed by atoms with Gasteiger partial charge in [0.15, 0.2) is 0 Å². The number of nitrogens with zero attached hydrogens (tertiary/aromatic N) is 1. The molecule has 1 aliphatic rings. The number of rotatable bonds is 12. The summed E-state index contributed by atoms with van der Waals surface area (Å²) < 4.78 is 102. The van der Waals surface area contributed by atoms with Crippen molar-refractivity contribution >= 4 is 5.69 Å². The van der Waals surface area contributed by atoms with E-state index in [4.69, 9.17) is 4.74 Å². The van der Waals surface area contributed by atoms with E-state index in [9.17, 15) is 35.8 Å². The van der Waals surface area contributed by atoms with E-state index in [2.05, 4.69) is 4.74 Å². The summed E-state index contributed by atoms with van der Waals surface area (Å²) in [6.07, 6.45) is -10.4. The number of hydrogen-bond acceptors (Lipinski definition) is 4. The molecule has 0 heterocycles. The van der Waals surface area contributed by atoms with Crippen LogP contribution >= 0.6 is 0 Å². The summed E-state index contributed by atoms with van der Waals surface area (Å²) in [6, 6.07) is 18.1. The zero-order valence-electron chi connectivity index (χ0n) is 19.8. The maximum Gasteiger partial charge on any atom is 0.461 e. The highest BCUT2D eigenvalue weighted by Crippen LogP contribution is 2.41. The molecule has 1 aliphatic carbocycles. The lowest BCUT2D eigenvalue weighted by atomic mass is 10.1. The summed E-state index contributed by atoms with van der Waals surface area (Å²) >= 11 is 0. The van der Waals surface area contributed by atoms with Gasteiger partial charge < -0.3 is 19.5 Å². The summed E-state index contributed by atoms with van der Waals surface area (Å²) in [5.74, 6) is -3.19. The zero-order chi connectivity index (χ0) is 27.5. The number of aliphatic hydroxyl groups is 1. The van der Waals surface area contributed by atoms with Crippen LogP contribution in [0, 0.1) is 0 Å². The average molecular weight is 543 g/mol. The molecule has 11 heteroatoms. The Morgan fingerprint density at radius 2 is 1.45 bits per heavy atom. The standard InChI is InChI=1S/C27H24F7NO3/c28-24(29)26(32,36)16-35(15-17-4-1-9-23(12-17)38-27(33,34)25(30)31)20-6-3-8-22(14-20)37-21-7-2-5-19(13-21)18-10-11-18/h1-9,12-14,18,24-25,36H,10-11,15-16H2. The third-order valence-corrected chi connectivity index (χ3v) is 5.85. The van der Waals surface area contributed by atoms with Crippen molar-refractivity contribution in [3.05, 3.63) is 83.9 Å². The molecular weight excluding hydrogens is 519 g/mol. The van der Waals surface area contributed by atoms with Crippen LogP contribution in [-0.2, 0) is 6.54 Å². The number of anilines is 1. The molecule has 0 aromatic heterocycles. The maximum absolute atomic E-state index is 14.3. The summed E-state index contributed by atoms with van der Waals surface area (Å²) in [6.45, 7) is -1.55. The lowest BCUT2D eigenvalue weighted by molar-refractivity contribution is -0.253. The van der Waals surface area contributed by atoms with Gasteiger partial charge in [0.25, 0.3) is 12.3 Å². The normalized spacial score (nSPS) is 15.4. The highest BCUT2D eigenvalue weighted by Gasteiger charge is 2.44. The second kappa shape index (κ2) is 11.1. The third kappa shape index (κ3) is 7.09. The van der Waals surface area contributed by atoms with E-state index in [0.717, 1.165) is 35.4 Å². The van der Waals surface area contributed by atoms with Gasteiger partial charge in [0.05, 0.1) is 6.54 Å². The molecule has 0 amide bonds. The van der Waals surface area contributed by atoms with E-state index in [-0.39, 0.29) is 17.8 Å². The fourth-order valence-electron chi connectivity index (χ4n) is 3.83. The first-order chi connectivity index (χ1) is 17.9. The van der Waals surface area contributed by atoms with Crippen LogP contribution in [0.5, 0.6) is 17.2 Å². The molecule has 3 aromatic carbocycles. The molecule has 204 valence electrons. The van der Waals surface area contributed by atoms with Gasteiger partial charge in [0.1, 0.15) is 17.2 Å². The molecule has 1 unspecified atom stereocenters. The highest BCUT2D eigenvalue weighted by molar-refractivity contribution is 5.53. The minimum atomic E-state index is -4.75. The van der Waals surface area contributed by atoms with Gasteiger partial charge in [-0.05, 0) is 66.3 Å². The second-order valence-electron chi connectivity index (χ2n) is 9.03. The van der Waals surface area contributed by atoms with Crippen molar-refractivity contribution in [2.45, 2.75) is 50.1 Å². The lowest BCUT2D eigenvalue weighted by Gasteiger charge is -2.30. The van der Waals surface area contributed by atoms with Gasteiger partial charge >= 0.3 is 12.5 Å². The van der Waals surface area contributed by atoms with Crippen LogP contribution in [0.1, 0.15) is 29.9 Å². The Balaban J connectivity index is 1.59. The van der Waals surface area contributed by atoms with Gasteiger partial charge in [-0.25, -0.2) is 13.2 Å². The number of benzene rings is 3. The zero-order valence-corrected chi connectivity index (χ0v) is 19.8. The van der Waals surface area contributed by atoms with Crippen molar-refractivity contribution < 1.29 is 45.3 Å². The van der Waals surface area contributed by atoms with Crippen LogP contribution in [0.2, 0.25) is 0 Å². The first-order valence-corrected chi connectivity index (χ1v) is 11.7. The van der Waals surface area contributed by atoms with Crippen LogP contribution in [0.3, 0.4) is 0 Å². The molecule has 0 saturated heterocycles. The van der Waals surface area contributed by atoms with Gasteiger partial charge in [-0.15, -0.1) is 0 Å². The third-order valence-electron chi connectivity index (χ3n) is 5.85. The Hall–Kier alpha value is -3.47. The molecule has 0 spiro atoms. The fraction of sp³-hybridized carbons (Fsp3) is 0.333. The van der Waals surface area contributed by atoms with Crippen LogP contribution in [0.25, 0.3) is 0 Å². The minimum Gasteiger partial charge on any atom is -0.457 e. The predicted molar refractivity (Wildman–Crippen MR) is 126 cm³/mol. The van der Waals surface area contributed by atoms with E-state index >= 15 is 0 Å². The SMILES string of the molecule is OC(F)(CN(Cc1cccc(OC(F)(F)C(F)F)c1)c1cccc(Oc2cccc(C3CC3)c2)c1)C(F)F. The molecule has 0 bridgehead atoms. The second-order valence-corrected chi connectivity index (χ2v) is 9.03. The number of halogens is 7. The molecule has 38 heavy (non-hydrogen) atoms. The molecule has 0 radical (unpaired) electrons. The first-order valence-electron chi connectivity index (χ1n) is 11.7. The Morgan fingerprint density at radius 1 is 0.816 bits per heavy atom. The summed E-state index contributed by atoms with van der Waals surface area (Å²) in [7, 11) is 0. The van der Waals surface area contributed by atoms with Crippen molar-refractivity contribution in [1.29, 1.82) is 0 Å². The van der Waals surface area contributed by atoms with E-state index in [1.54, 1.807) is 12.1 Å². The monoisotopic (exact) mass is 543 g/mol.